The van der Waals surface area contributed by atoms with Crippen molar-refractivity contribution >= 4 is 0 Å². The Morgan fingerprint density at radius 3 is 2.69 bits per heavy atom. The van der Waals surface area contributed by atoms with Crippen molar-refractivity contribution in [2.75, 3.05) is 0 Å². The topological polar surface area (TPSA) is 36.2 Å². The molecule has 1 heterocycles. The maximum absolute atomic E-state index is 11.4. The molecule has 1 aromatic heterocycles. The van der Waals surface area contributed by atoms with Gasteiger partial charge in [-0.15, -0.1) is 4.73 Å². The minimum absolute atomic E-state index is 0.337. The highest BCUT2D eigenvalue weighted by atomic mass is 16.5. The third-order valence-corrected chi connectivity index (χ3v) is 2.27. The summed E-state index contributed by atoms with van der Waals surface area (Å²) in [5.74, 6) is 0.337. The zero-order chi connectivity index (χ0) is 11.4. The van der Waals surface area contributed by atoms with Crippen LogP contribution in [-0.2, 0) is 6.61 Å². The van der Waals surface area contributed by atoms with Gasteiger partial charge in [-0.05, 0) is 18.1 Å². The van der Waals surface area contributed by atoms with Crippen LogP contribution in [0.1, 0.15) is 11.1 Å². The maximum Gasteiger partial charge on any atom is 0.379 e. The first-order valence-corrected chi connectivity index (χ1v) is 5.12. The number of nitrogens with zero attached hydrogens (tertiary/aromatic N) is 1. The number of hydrogen-bond donors (Lipinski definition) is 0. The van der Waals surface area contributed by atoms with Crippen LogP contribution in [0.2, 0.25) is 0 Å². The Labute approximate surface area is 94.5 Å². The molecule has 0 aliphatic carbocycles. The Balaban J connectivity index is 2.08. The molecule has 0 radical (unpaired) electrons. The van der Waals surface area contributed by atoms with Gasteiger partial charge >= 0.3 is 5.88 Å². The largest absolute Gasteiger partial charge is 0.616 e. The maximum atomic E-state index is 11.4. The summed E-state index contributed by atoms with van der Waals surface area (Å²) in [4.78, 5) is 0. The summed E-state index contributed by atoms with van der Waals surface area (Å²) in [7, 11) is 0. The molecule has 0 aliphatic heterocycles. The van der Waals surface area contributed by atoms with Crippen molar-refractivity contribution in [1.82, 2.24) is 0 Å². The fraction of sp³-hybridized carbons (Fsp3) is 0.154. The van der Waals surface area contributed by atoms with Crippen molar-refractivity contribution in [2.45, 2.75) is 13.5 Å². The van der Waals surface area contributed by atoms with E-state index in [0.717, 1.165) is 15.9 Å². The molecule has 0 aliphatic rings. The lowest BCUT2D eigenvalue weighted by molar-refractivity contribution is -0.613. The summed E-state index contributed by atoms with van der Waals surface area (Å²) < 4.78 is 6.19. The van der Waals surface area contributed by atoms with Gasteiger partial charge in [-0.1, -0.05) is 30.3 Å². The van der Waals surface area contributed by atoms with E-state index in [1.165, 1.54) is 6.20 Å². The van der Waals surface area contributed by atoms with E-state index < -0.39 is 0 Å². The molecule has 1 aromatic carbocycles. The molecule has 3 heteroatoms. The summed E-state index contributed by atoms with van der Waals surface area (Å²) in [5, 5.41) is 11.4. The van der Waals surface area contributed by atoms with E-state index in [1.807, 2.05) is 37.3 Å². The van der Waals surface area contributed by atoms with E-state index in [0.29, 0.717) is 12.5 Å². The van der Waals surface area contributed by atoms with Gasteiger partial charge < -0.3 is 9.94 Å². The molecule has 3 nitrogen and oxygen atoms in total. The van der Waals surface area contributed by atoms with Crippen LogP contribution in [0.5, 0.6) is 5.88 Å². The molecule has 2 aromatic rings. The van der Waals surface area contributed by atoms with Gasteiger partial charge in [-0.3, -0.25) is 0 Å². The Bertz CT molecular complexity index is 469. The Morgan fingerprint density at radius 1 is 1.19 bits per heavy atom. The van der Waals surface area contributed by atoms with Crippen LogP contribution in [0.4, 0.5) is 0 Å². The van der Waals surface area contributed by atoms with Crippen molar-refractivity contribution in [3.8, 4) is 5.88 Å². The first-order valence-electron chi connectivity index (χ1n) is 5.12. The molecule has 0 atom stereocenters. The zero-order valence-corrected chi connectivity index (χ0v) is 9.09. The number of aromatic nitrogens is 1. The molecule has 0 N–H and O–H groups in total. The molecular formula is C13H13NO2. The molecule has 0 amide bonds. The molecule has 82 valence electrons. The molecule has 0 bridgehead atoms. The molecule has 2 rings (SSSR count). The fourth-order valence-corrected chi connectivity index (χ4v) is 1.40. The van der Waals surface area contributed by atoms with Crippen LogP contribution in [0, 0.1) is 12.1 Å². The lowest BCUT2D eigenvalue weighted by atomic mass is 10.2. The second-order valence-electron chi connectivity index (χ2n) is 3.64. The number of pyridine rings is 1. The highest BCUT2D eigenvalue weighted by Crippen LogP contribution is 2.09. The van der Waals surface area contributed by atoms with E-state index in [4.69, 9.17) is 4.74 Å². The first-order chi connectivity index (χ1) is 7.75. The van der Waals surface area contributed by atoms with Gasteiger partial charge in [0, 0.05) is 6.07 Å². The quantitative estimate of drug-likeness (QED) is 0.581. The zero-order valence-electron chi connectivity index (χ0n) is 9.09. The highest BCUT2D eigenvalue weighted by molar-refractivity contribution is 5.17. The van der Waals surface area contributed by atoms with E-state index in [1.54, 1.807) is 12.1 Å². The Kier molecular flexibility index (Phi) is 3.05. The monoisotopic (exact) mass is 215 g/mol. The molecule has 0 saturated carbocycles. The van der Waals surface area contributed by atoms with Gasteiger partial charge in [0.15, 0.2) is 6.20 Å². The molecule has 0 spiro atoms. The standard InChI is InChI=1S/C13H13NO2/c1-11-7-8-14(15)13(9-11)16-10-12-5-3-2-4-6-12/h2-9H,10H2,1H3. The molecule has 0 fully saturated rings. The second kappa shape index (κ2) is 4.66. The van der Waals surface area contributed by atoms with E-state index in [9.17, 15) is 5.21 Å². The van der Waals surface area contributed by atoms with Gasteiger partial charge in [0.05, 0.1) is 6.07 Å². The lowest BCUT2D eigenvalue weighted by Gasteiger charge is -2.06. The predicted octanol–water partition coefficient (Wildman–Crippen LogP) is 2.21. The third kappa shape index (κ3) is 2.51. The van der Waals surface area contributed by atoms with Gasteiger partial charge in [0.25, 0.3) is 0 Å². The van der Waals surface area contributed by atoms with Gasteiger partial charge in [0.2, 0.25) is 0 Å². The van der Waals surface area contributed by atoms with Gasteiger partial charge in [-0.25, -0.2) is 0 Å². The normalized spacial score (nSPS) is 10.1. The van der Waals surface area contributed by atoms with Crippen LogP contribution < -0.4 is 9.47 Å². The Hall–Kier alpha value is -2.03. The smallest absolute Gasteiger partial charge is 0.379 e. The van der Waals surface area contributed by atoms with Crippen molar-refractivity contribution in [3.63, 3.8) is 0 Å². The number of hydrogen-bond acceptors (Lipinski definition) is 2. The van der Waals surface area contributed by atoms with E-state index in [2.05, 4.69) is 0 Å². The summed E-state index contributed by atoms with van der Waals surface area (Å²) in [6.07, 6.45) is 1.45. The second-order valence-corrected chi connectivity index (χ2v) is 3.64. The predicted molar refractivity (Wildman–Crippen MR) is 60.9 cm³/mol. The SMILES string of the molecule is Cc1cc[n+]([O-])c(OCc2ccccc2)c1. The van der Waals surface area contributed by atoms with Gasteiger partial charge in [0.1, 0.15) is 6.61 Å². The average Bonchev–Trinajstić information content (AvgIpc) is 2.32. The average molecular weight is 215 g/mol. The number of rotatable bonds is 3. The molecule has 0 unspecified atom stereocenters. The third-order valence-electron chi connectivity index (χ3n) is 2.27. The fourth-order valence-electron chi connectivity index (χ4n) is 1.40. The van der Waals surface area contributed by atoms with Crippen molar-refractivity contribution in [2.24, 2.45) is 0 Å². The molecule has 0 saturated heterocycles. The van der Waals surface area contributed by atoms with Crippen molar-refractivity contribution < 1.29 is 9.47 Å². The number of benzene rings is 1. The van der Waals surface area contributed by atoms with Crippen molar-refractivity contribution in [3.05, 3.63) is 65.0 Å². The highest BCUT2D eigenvalue weighted by Gasteiger charge is 2.06. The van der Waals surface area contributed by atoms with Crippen LogP contribution >= 0.6 is 0 Å². The minimum Gasteiger partial charge on any atom is -0.616 e. The van der Waals surface area contributed by atoms with Crippen molar-refractivity contribution in [1.29, 1.82) is 0 Å². The van der Waals surface area contributed by atoms with Crippen LogP contribution in [-0.4, -0.2) is 0 Å². The summed E-state index contributed by atoms with van der Waals surface area (Å²) in [6.45, 7) is 2.34. The summed E-state index contributed by atoms with van der Waals surface area (Å²) in [6, 6.07) is 13.2. The molecular weight excluding hydrogens is 202 g/mol. The lowest BCUT2D eigenvalue weighted by Crippen LogP contribution is -2.28. The minimum atomic E-state index is 0.337. The van der Waals surface area contributed by atoms with Crippen LogP contribution in [0.25, 0.3) is 0 Å². The van der Waals surface area contributed by atoms with Crippen LogP contribution in [0.3, 0.4) is 0 Å². The number of aryl methyl sites for hydroxylation is 1. The Morgan fingerprint density at radius 2 is 1.94 bits per heavy atom. The van der Waals surface area contributed by atoms with Crippen LogP contribution in [0.15, 0.2) is 48.7 Å². The number of ether oxygens (including phenoxy) is 1. The summed E-state index contributed by atoms with van der Waals surface area (Å²) >= 11 is 0. The van der Waals surface area contributed by atoms with Gasteiger partial charge in [-0.2, -0.15) is 0 Å². The van der Waals surface area contributed by atoms with E-state index in [-0.39, 0.29) is 0 Å². The molecule has 16 heavy (non-hydrogen) atoms. The summed E-state index contributed by atoms with van der Waals surface area (Å²) in [5.41, 5.74) is 2.05. The van der Waals surface area contributed by atoms with E-state index >= 15 is 0 Å². The first kappa shape index (κ1) is 10.5.